The molecule has 2 aliphatic rings. The summed E-state index contributed by atoms with van der Waals surface area (Å²) < 4.78 is 10.0. The van der Waals surface area contributed by atoms with E-state index in [1.165, 1.54) is 61.8 Å². The van der Waals surface area contributed by atoms with Crippen LogP contribution in [0.3, 0.4) is 0 Å². The highest BCUT2D eigenvalue weighted by atomic mass is 35.8. The summed E-state index contributed by atoms with van der Waals surface area (Å²) in [6, 6.07) is 51.6. The molecule has 5 aromatic heterocycles. The maximum absolute atomic E-state index is 12.7. The van der Waals surface area contributed by atoms with Crippen molar-refractivity contribution in [2.24, 2.45) is 35.2 Å². The fourth-order valence-corrected chi connectivity index (χ4v) is 15.1. The van der Waals surface area contributed by atoms with Gasteiger partial charge < -0.3 is 27.9 Å². The number of likely N-dealkylation sites (tertiary alicyclic amines) is 2. The van der Waals surface area contributed by atoms with Crippen molar-refractivity contribution in [1.29, 1.82) is 0 Å². The summed E-state index contributed by atoms with van der Waals surface area (Å²) in [4.78, 5) is 73.9. The quantitative estimate of drug-likeness (QED) is 0.0243. The second kappa shape index (κ2) is 58.5. The normalized spacial score (nSPS) is 12.0. The average molecular weight is 1970 g/mol. The Hall–Kier alpha value is -6.08. The first-order valence-corrected chi connectivity index (χ1v) is 49.3. The second-order valence-corrected chi connectivity index (χ2v) is 39.3. The standard InChI is InChI=1S/2C19H23ClN2O.2C14H13Cl2NO.C12H12ClN.C9H9ClO.C5H12O.C2H2Cl2O.2CH4.Al.3ClH/c1-14-17(18(23)13-22-10-4-3-5-11-22)12-21(2)19(14)15-6-8-16(20)9-7-15;1-14-12-17(18(23)13-22-10-4-3-5-11-22)21(2)19(14)15-6-8-16(20)9-7-15;1-9-12(13(18)7-15)8-17(2)14(9)10-3-5-11(16)6-4-10;1-9-7-12(13(18)8-15)17(2)14(9)10-3-5-11(16)6-4-10;1-9-7-8-14(2)12(9)10-3-5-11(13)6-4-10;1-2-9(11)7-3-5-8(10)6-4-7;1-2-3-4-5-6;3-1-2(4)5;;;;;;/h2*6-9,12H,3-5,10-11,13H2,1-2H3;3-6,8H,7H2,1-2H3;3-7H,8H2,1-2H3;3-8H,1-2H3;3-6H,2H2,1H3;6H,2-5H2,1H3;1H2;2*1H4;;3*1H/q;;;;;;;;;;+3;;;/p-3. The highest BCUT2D eigenvalue weighted by Gasteiger charge is 2.24. The molecule has 6 aromatic carbocycles. The zero-order valence-corrected chi connectivity index (χ0v) is 82.0. The van der Waals surface area contributed by atoms with Gasteiger partial charge in [-0.15, -0.1) is 34.8 Å². The lowest BCUT2D eigenvalue weighted by Crippen LogP contribution is -2.35. The molecule has 0 unspecified atom stereocenters. The summed E-state index contributed by atoms with van der Waals surface area (Å²) in [6.07, 6.45) is 17.1. The van der Waals surface area contributed by atoms with Crippen LogP contribution >= 0.6 is 146 Å². The van der Waals surface area contributed by atoms with Crippen molar-refractivity contribution in [3.05, 3.63) is 268 Å². The number of aromatic nitrogens is 5. The van der Waals surface area contributed by atoms with Gasteiger partial charge in [0.15, 0.2) is 28.9 Å². The van der Waals surface area contributed by atoms with E-state index >= 15 is 0 Å². The van der Waals surface area contributed by atoms with E-state index in [4.69, 9.17) is 151 Å². The van der Waals surface area contributed by atoms with Gasteiger partial charge in [-0.1, -0.05) is 185 Å². The van der Waals surface area contributed by atoms with Crippen LogP contribution in [0.5, 0.6) is 0 Å². The number of hydrogen-bond acceptors (Lipinski definition) is 9. The number of unbranched alkanes of at least 4 members (excludes halogenated alkanes) is 2. The Kier molecular flexibility index (Phi) is 52.9. The summed E-state index contributed by atoms with van der Waals surface area (Å²) in [5.74, 6) is 0.371. The number of alkyl halides is 3. The molecule has 0 radical (unpaired) electrons. The molecular weight excluding hydrogens is 1850 g/mol. The van der Waals surface area contributed by atoms with E-state index in [0.29, 0.717) is 52.4 Å². The number of rotatable bonds is 21. The first-order chi connectivity index (χ1) is 58.0. The van der Waals surface area contributed by atoms with Gasteiger partial charge in [-0.25, -0.2) is 30.1 Å². The van der Waals surface area contributed by atoms with Crippen LogP contribution in [0.2, 0.25) is 30.1 Å². The van der Waals surface area contributed by atoms with Crippen molar-refractivity contribution in [2.45, 2.75) is 128 Å². The maximum Gasteiger partial charge on any atom is 0.643 e. The van der Waals surface area contributed by atoms with Gasteiger partial charge in [0, 0.05) is 114 Å². The van der Waals surface area contributed by atoms with E-state index in [1.807, 2.05) is 220 Å². The van der Waals surface area contributed by atoms with Crippen molar-refractivity contribution in [3.8, 4) is 56.3 Å². The molecule has 7 heterocycles. The first-order valence-electron chi connectivity index (χ1n) is 39.9. The largest absolute Gasteiger partial charge is 0.643 e. The van der Waals surface area contributed by atoms with E-state index < -0.39 is 16.6 Å². The molecule has 14 nitrogen and oxygen atoms in total. The number of carbonyl (C=O) groups excluding carboxylic acids is 6. The second-order valence-electron chi connectivity index (χ2n) is 29.1. The molecule has 13 rings (SSSR count). The van der Waals surface area contributed by atoms with E-state index in [-0.39, 0.29) is 61.4 Å². The Bertz CT molecular complexity index is 4850. The number of nitrogens with zero attached hydrogens (tertiary/aromatic N) is 7. The van der Waals surface area contributed by atoms with Crippen LogP contribution in [-0.2, 0) is 40.0 Å². The van der Waals surface area contributed by atoms with E-state index in [2.05, 4.69) is 54.4 Å². The van der Waals surface area contributed by atoms with Crippen LogP contribution in [0, 0.1) is 34.6 Å². The number of halogens is 13. The maximum atomic E-state index is 12.7. The number of piperidine rings is 2. The lowest BCUT2D eigenvalue weighted by Gasteiger charge is -2.25. The fourth-order valence-electron chi connectivity index (χ4n) is 14.1. The van der Waals surface area contributed by atoms with Crippen molar-refractivity contribution < 1.29 is 33.9 Å². The van der Waals surface area contributed by atoms with E-state index in [9.17, 15) is 28.8 Å². The number of benzene rings is 6. The predicted molar refractivity (Wildman–Crippen MR) is 533 cm³/mol. The molecule has 124 heavy (non-hydrogen) atoms. The molecular formula is C96H115AlCl13N7O7. The van der Waals surface area contributed by atoms with Crippen LogP contribution in [0.1, 0.15) is 173 Å². The molecule has 0 aliphatic carbocycles. The molecule has 2 fully saturated rings. The third kappa shape index (κ3) is 36.1. The minimum atomic E-state index is -1.72. The highest BCUT2D eigenvalue weighted by molar-refractivity contribution is 7.54. The zero-order valence-electron chi connectivity index (χ0n) is 71.0. The Balaban J connectivity index is 0.000000374. The summed E-state index contributed by atoms with van der Waals surface area (Å²) in [5.41, 5.74) is 20.0. The molecule has 0 bridgehead atoms. The monoisotopic (exact) mass is 1960 g/mol. The fraction of sp³-hybridized carbons (Fsp3) is 0.354. The minimum absolute atomic E-state index is 0. The predicted octanol–water partition coefficient (Wildman–Crippen LogP) is 28.5. The van der Waals surface area contributed by atoms with Gasteiger partial charge in [-0.2, -0.15) is 0 Å². The summed E-state index contributed by atoms with van der Waals surface area (Å²) in [5, 5.41) is 12.0. The number of aliphatic hydroxyl groups is 1. The molecule has 2 aliphatic heterocycles. The molecule has 2 saturated heterocycles. The van der Waals surface area contributed by atoms with Crippen molar-refractivity contribution in [3.63, 3.8) is 0 Å². The minimum Gasteiger partial charge on any atom is -0.396 e. The summed E-state index contributed by atoms with van der Waals surface area (Å²) in [7, 11) is 24.6. The topological polar surface area (TPSA) is 154 Å². The van der Waals surface area contributed by atoms with Gasteiger partial charge in [0.05, 0.1) is 70.6 Å². The number of ketones is 5. The third-order valence-corrected chi connectivity index (χ3v) is 22.5. The van der Waals surface area contributed by atoms with Crippen LogP contribution in [0.25, 0.3) is 56.3 Å². The molecule has 28 heteroatoms. The van der Waals surface area contributed by atoms with Crippen molar-refractivity contribution >= 4 is 192 Å². The molecule has 0 atom stereocenters. The van der Waals surface area contributed by atoms with Crippen LogP contribution in [-0.4, -0.2) is 147 Å². The molecule has 0 amide bonds. The Labute approximate surface area is 801 Å². The first kappa shape index (κ1) is 112. The van der Waals surface area contributed by atoms with Crippen LogP contribution in [0.4, 0.5) is 0 Å². The third-order valence-electron chi connectivity index (χ3n) is 20.0. The van der Waals surface area contributed by atoms with Gasteiger partial charge in [-0.05, 0) is 263 Å². The number of carbonyl (C=O) groups is 6. The molecule has 0 saturated carbocycles. The summed E-state index contributed by atoms with van der Waals surface area (Å²) >= 11 is 54.2. The zero-order chi connectivity index (χ0) is 90.4. The molecule has 670 valence electrons. The molecule has 1 N–H and O–H groups in total. The van der Waals surface area contributed by atoms with Gasteiger partial charge in [0.2, 0.25) is 5.24 Å². The van der Waals surface area contributed by atoms with E-state index in [1.54, 1.807) is 24.3 Å². The van der Waals surface area contributed by atoms with Gasteiger partial charge >= 0.3 is 11.4 Å². The highest BCUT2D eigenvalue weighted by Crippen LogP contribution is 2.34. The smallest absolute Gasteiger partial charge is 0.396 e. The summed E-state index contributed by atoms with van der Waals surface area (Å²) in [6.45, 7) is 19.7. The lowest BCUT2D eigenvalue weighted by molar-refractivity contribution is -0.109. The van der Waals surface area contributed by atoms with Crippen LogP contribution < -0.4 is 0 Å². The molecule has 0 spiro atoms. The number of aliphatic hydroxyl groups excluding tert-OH is 1. The van der Waals surface area contributed by atoms with Gasteiger partial charge in [-0.3, -0.25) is 38.6 Å². The Morgan fingerprint density at radius 2 is 0.685 bits per heavy atom. The Morgan fingerprint density at radius 3 is 0.976 bits per heavy atom. The SMILES string of the molecule is C.C.CCC(=O)c1ccc(Cl)cc1.CCCCCO.Cc1c(C(=O)CCl)cn(C)c1-c1ccc(Cl)cc1.Cc1c(C(=O)CN2CCCCC2)cn(C)c1-c1ccc(Cl)cc1.Cc1cc(C(=O)CCl)n(C)c1-c1ccc(Cl)cc1.Cc1cc(C(=O)CN2CCCCC2)n(C)c1-c1ccc(Cl)cc1.Cc1ccn(C)c1-c1ccc(Cl)cc1.O=C(Cl)CCl.[Cl][Al]([Cl])[Cl]. The number of Topliss-reactive ketones (excluding diaryl/α,β-unsaturated/α-hetero) is 5. The van der Waals surface area contributed by atoms with Gasteiger partial charge in [0.1, 0.15) is 0 Å². The number of hydrogen-bond donors (Lipinski definition) is 1. The lowest BCUT2D eigenvalue weighted by atomic mass is 10.0. The molecule has 11 aromatic rings. The Morgan fingerprint density at radius 1 is 0.379 bits per heavy atom. The van der Waals surface area contributed by atoms with E-state index in [0.717, 1.165) is 138 Å². The van der Waals surface area contributed by atoms with Crippen LogP contribution in [0.15, 0.2) is 182 Å². The average Bonchev–Trinajstić information content (AvgIpc) is 1.66. The van der Waals surface area contributed by atoms with Gasteiger partial charge in [0.25, 0.3) is 0 Å². The van der Waals surface area contributed by atoms with Crippen molar-refractivity contribution in [1.82, 2.24) is 32.6 Å². The van der Waals surface area contributed by atoms with Crippen molar-refractivity contribution in [2.75, 3.05) is 63.5 Å². The number of aryl methyl sites for hydroxylation is 6.